The molecule has 0 aromatic heterocycles. The number of ketones is 1. The van der Waals surface area contributed by atoms with Gasteiger partial charge in [0, 0.05) is 40.6 Å². The van der Waals surface area contributed by atoms with Gasteiger partial charge in [-0.05, 0) is 62.4 Å². The zero-order chi connectivity index (χ0) is 24.2. The monoisotopic (exact) mass is 460 g/mol. The van der Waals surface area contributed by atoms with E-state index >= 15 is 0 Å². The number of ether oxygens (including phenoxy) is 2. The summed E-state index contributed by atoms with van der Waals surface area (Å²) in [5.41, 5.74) is 5.45. The molecule has 0 saturated carbocycles. The normalized spacial score (nSPS) is 17.8. The quantitative estimate of drug-likeness (QED) is 0.579. The van der Waals surface area contributed by atoms with Gasteiger partial charge in [-0.15, -0.1) is 0 Å². The molecule has 6 heteroatoms. The first kappa shape index (κ1) is 23.6. The first-order valence-electron chi connectivity index (χ1n) is 11.9. The Hall–Kier alpha value is -3.54. The van der Waals surface area contributed by atoms with E-state index < -0.39 is 5.92 Å². The SMILES string of the molecule is CCCOc1ccc([C@H]2C(C(=O)Nc3ccccc3C)=C(C)NC3=C2C(=O)CCC3)cc1OC. The molecule has 6 nitrogen and oxygen atoms in total. The van der Waals surface area contributed by atoms with Gasteiger partial charge in [0.2, 0.25) is 0 Å². The number of rotatable bonds is 7. The minimum Gasteiger partial charge on any atom is -0.493 e. The Morgan fingerprint density at radius 2 is 1.91 bits per heavy atom. The van der Waals surface area contributed by atoms with E-state index in [1.807, 2.05) is 63.2 Å². The predicted molar refractivity (Wildman–Crippen MR) is 133 cm³/mol. The van der Waals surface area contributed by atoms with Gasteiger partial charge in [0.25, 0.3) is 5.91 Å². The molecule has 1 heterocycles. The summed E-state index contributed by atoms with van der Waals surface area (Å²) in [6, 6.07) is 13.4. The van der Waals surface area contributed by atoms with Gasteiger partial charge in [0.15, 0.2) is 17.3 Å². The minimum atomic E-state index is -0.484. The molecular formula is C28H32N2O4. The molecule has 1 aliphatic heterocycles. The van der Waals surface area contributed by atoms with Crippen LogP contribution in [0.4, 0.5) is 5.69 Å². The zero-order valence-corrected chi connectivity index (χ0v) is 20.3. The van der Waals surface area contributed by atoms with Crippen molar-refractivity contribution in [2.45, 2.75) is 52.4 Å². The molecule has 0 spiro atoms. The number of nitrogens with one attached hydrogen (secondary N) is 2. The standard InChI is InChI=1S/C28H32N2O4/c1-5-15-34-23-14-13-19(16-24(23)33-4)26-25(28(32)30-20-10-7-6-9-17(20)2)18(3)29-21-11-8-12-22(31)27(21)26/h6-7,9-10,13-14,16,26,29H,5,8,11-12,15H2,1-4H3,(H,30,32)/t26-/m0/s1. The van der Waals surface area contributed by atoms with Crippen molar-refractivity contribution in [3.63, 3.8) is 0 Å². The first-order chi connectivity index (χ1) is 16.4. The Balaban J connectivity index is 1.80. The summed E-state index contributed by atoms with van der Waals surface area (Å²) in [7, 11) is 1.60. The van der Waals surface area contributed by atoms with E-state index in [9.17, 15) is 9.59 Å². The number of carbonyl (C=O) groups is 2. The van der Waals surface area contributed by atoms with Gasteiger partial charge in [-0.1, -0.05) is 31.2 Å². The van der Waals surface area contributed by atoms with E-state index in [1.165, 1.54) is 0 Å². The fourth-order valence-corrected chi connectivity index (χ4v) is 4.72. The number of carbonyl (C=O) groups excluding carboxylic acids is 2. The van der Waals surface area contributed by atoms with Crippen LogP contribution in [0.3, 0.4) is 0 Å². The molecule has 2 N–H and O–H groups in total. The number of aryl methyl sites for hydroxylation is 1. The molecule has 4 rings (SSSR count). The Kier molecular flexibility index (Phi) is 7.06. The van der Waals surface area contributed by atoms with Gasteiger partial charge in [0.1, 0.15) is 0 Å². The van der Waals surface area contributed by atoms with Crippen LogP contribution in [-0.2, 0) is 9.59 Å². The van der Waals surface area contributed by atoms with Gasteiger partial charge in [-0.2, -0.15) is 0 Å². The highest BCUT2D eigenvalue weighted by Gasteiger charge is 2.38. The van der Waals surface area contributed by atoms with E-state index in [4.69, 9.17) is 9.47 Å². The summed E-state index contributed by atoms with van der Waals surface area (Å²) in [4.78, 5) is 26.8. The number of para-hydroxylation sites is 1. The highest BCUT2D eigenvalue weighted by Crippen LogP contribution is 2.44. The fraction of sp³-hybridized carbons (Fsp3) is 0.357. The average Bonchev–Trinajstić information content (AvgIpc) is 2.83. The molecule has 2 aromatic rings. The minimum absolute atomic E-state index is 0.0812. The molecular weight excluding hydrogens is 428 g/mol. The zero-order valence-electron chi connectivity index (χ0n) is 20.3. The predicted octanol–water partition coefficient (Wildman–Crippen LogP) is 5.40. The topological polar surface area (TPSA) is 76.7 Å². The number of amides is 1. The van der Waals surface area contributed by atoms with Crippen molar-refractivity contribution >= 4 is 17.4 Å². The first-order valence-corrected chi connectivity index (χ1v) is 11.9. The molecule has 0 unspecified atom stereocenters. The van der Waals surface area contributed by atoms with Crippen LogP contribution in [-0.4, -0.2) is 25.4 Å². The van der Waals surface area contributed by atoms with Gasteiger partial charge in [-0.3, -0.25) is 9.59 Å². The Labute approximate surface area is 201 Å². The van der Waals surface area contributed by atoms with E-state index in [0.29, 0.717) is 35.7 Å². The third-order valence-corrected chi connectivity index (χ3v) is 6.40. The van der Waals surface area contributed by atoms with Crippen LogP contribution in [0.1, 0.15) is 56.6 Å². The van der Waals surface area contributed by atoms with Crippen molar-refractivity contribution in [1.29, 1.82) is 0 Å². The Bertz CT molecular complexity index is 1180. The third-order valence-electron chi connectivity index (χ3n) is 6.40. The molecule has 0 saturated heterocycles. The third kappa shape index (κ3) is 4.58. The molecule has 2 aromatic carbocycles. The second-order valence-electron chi connectivity index (χ2n) is 8.79. The van der Waals surface area contributed by atoms with Crippen molar-refractivity contribution in [1.82, 2.24) is 5.32 Å². The second-order valence-corrected chi connectivity index (χ2v) is 8.79. The lowest BCUT2D eigenvalue weighted by Crippen LogP contribution is -2.35. The van der Waals surface area contributed by atoms with Crippen LogP contribution < -0.4 is 20.1 Å². The molecule has 0 radical (unpaired) electrons. The lowest BCUT2D eigenvalue weighted by Gasteiger charge is -2.34. The maximum absolute atomic E-state index is 13.7. The Morgan fingerprint density at radius 3 is 2.65 bits per heavy atom. The smallest absolute Gasteiger partial charge is 0.254 e. The Morgan fingerprint density at radius 1 is 1.12 bits per heavy atom. The summed E-state index contributed by atoms with van der Waals surface area (Å²) in [5.74, 6) is 0.614. The number of allylic oxidation sites excluding steroid dienone is 3. The summed E-state index contributed by atoms with van der Waals surface area (Å²) in [5, 5.41) is 6.43. The van der Waals surface area contributed by atoms with Gasteiger partial charge in [0.05, 0.1) is 13.7 Å². The van der Waals surface area contributed by atoms with Crippen molar-refractivity contribution in [2.24, 2.45) is 0 Å². The highest BCUT2D eigenvalue weighted by molar-refractivity contribution is 6.10. The van der Waals surface area contributed by atoms with E-state index in [1.54, 1.807) is 7.11 Å². The van der Waals surface area contributed by atoms with Gasteiger partial charge < -0.3 is 20.1 Å². The molecule has 1 atom stereocenters. The molecule has 1 amide bonds. The van der Waals surface area contributed by atoms with Crippen LogP contribution in [0.25, 0.3) is 0 Å². The summed E-state index contributed by atoms with van der Waals surface area (Å²) in [6.07, 6.45) is 2.96. The highest BCUT2D eigenvalue weighted by atomic mass is 16.5. The van der Waals surface area contributed by atoms with Gasteiger partial charge >= 0.3 is 0 Å². The summed E-state index contributed by atoms with van der Waals surface area (Å²) >= 11 is 0. The number of hydrogen-bond acceptors (Lipinski definition) is 5. The van der Waals surface area contributed by atoms with Crippen molar-refractivity contribution in [2.75, 3.05) is 19.0 Å². The number of dihydropyridines is 1. The number of benzene rings is 2. The van der Waals surface area contributed by atoms with Crippen LogP contribution >= 0.6 is 0 Å². The summed E-state index contributed by atoms with van der Waals surface area (Å²) < 4.78 is 11.4. The van der Waals surface area contributed by atoms with Gasteiger partial charge in [-0.25, -0.2) is 0 Å². The van der Waals surface area contributed by atoms with E-state index in [0.717, 1.165) is 47.5 Å². The van der Waals surface area contributed by atoms with E-state index in [2.05, 4.69) is 10.6 Å². The van der Waals surface area contributed by atoms with Crippen LogP contribution in [0.5, 0.6) is 11.5 Å². The number of hydrogen-bond donors (Lipinski definition) is 2. The van der Waals surface area contributed by atoms with Crippen LogP contribution in [0.2, 0.25) is 0 Å². The van der Waals surface area contributed by atoms with Crippen molar-refractivity contribution in [3.05, 3.63) is 76.1 Å². The van der Waals surface area contributed by atoms with Crippen molar-refractivity contribution < 1.29 is 19.1 Å². The van der Waals surface area contributed by atoms with E-state index in [-0.39, 0.29) is 11.7 Å². The lowest BCUT2D eigenvalue weighted by molar-refractivity contribution is -0.116. The largest absolute Gasteiger partial charge is 0.493 e. The maximum atomic E-state index is 13.7. The molecule has 0 fully saturated rings. The molecule has 178 valence electrons. The lowest BCUT2D eigenvalue weighted by atomic mass is 9.75. The van der Waals surface area contributed by atoms with Crippen LogP contribution in [0.15, 0.2) is 65.0 Å². The second kappa shape index (κ2) is 10.2. The molecule has 2 aliphatic rings. The summed E-state index contributed by atoms with van der Waals surface area (Å²) in [6.45, 7) is 6.49. The molecule has 34 heavy (non-hydrogen) atoms. The van der Waals surface area contributed by atoms with Crippen LogP contribution in [0, 0.1) is 6.92 Å². The van der Waals surface area contributed by atoms with Crippen molar-refractivity contribution in [3.8, 4) is 11.5 Å². The fourth-order valence-electron chi connectivity index (χ4n) is 4.72. The number of anilines is 1. The molecule has 1 aliphatic carbocycles. The molecule has 0 bridgehead atoms. The maximum Gasteiger partial charge on any atom is 0.254 e. The number of Topliss-reactive ketones (excluding diaryl/α,β-unsaturated/α-hetero) is 1. The number of methoxy groups -OCH3 is 1. The average molecular weight is 461 g/mol.